The van der Waals surface area contributed by atoms with Gasteiger partial charge >= 0.3 is 0 Å². The standard InChI is InChI=1S/C28H24N2O2/c1-31-23-16-12-20(13-17-23)27-25-10-6-7-11-26(25)28(30-29-27,21-8-4-3-5-9-21)22-14-18-24(32-2)19-15-22/h3-19,30H,1-2H3. The van der Waals surface area contributed by atoms with Crippen LogP contribution >= 0.6 is 0 Å². The molecule has 1 N–H and O–H groups in total. The van der Waals surface area contributed by atoms with E-state index in [0.29, 0.717) is 0 Å². The van der Waals surface area contributed by atoms with Crippen LogP contribution in [0.2, 0.25) is 0 Å². The van der Waals surface area contributed by atoms with Crippen LogP contribution in [0.4, 0.5) is 0 Å². The van der Waals surface area contributed by atoms with Crippen molar-refractivity contribution in [3.8, 4) is 11.5 Å². The molecule has 4 nitrogen and oxygen atoms in total. The lowest BCUT2D eigenvalue weighted by Crippen LogP contribution is -2.46. The summed E-state index contributed by atoms with van der Waals surface area (Å²) < 4.78 is 10.7. The van der Waals surface area contributed by atoms with Crippen LogP contribution in [0.1, 0.15) is 27.8 Å². The van der Waals surface area contributed by atoms with Gasteiger partial charge < -0.3 is 9.47 Å². The van der Waals surface area contributed by atoms with E-state index in [-0.39, 0.29) is 0 Å². The topological polar surface area (TPSA) is 42.8 Å². The van der Waals surface area contributed by atoms with E-state index >= 15 is 0 Å². The second-order valence-electron chi connectivity index (χ2n) is 7.69. The number of hydrazone groups is 1. The number of nitrogens with one attached hydrogen (secondary N) is 1. The molecular formula is C28H24N2O2. The summed E-state index contributed by atoms with van der Waals surface area (Å²) in [6.45, 7) is 0. The summed E-state index contributed by atoms with van der Waals surface area (Å²) in [7, 11) is 3.36. The fourth-order valence-electron chi connectivity index (χ4n) is 4.38. The highest BCUT2D eigenvalue weighted by Gasteiger charge is 2.41. The van der Waals surface area contributed by atoms with E-state index in [1.54, 1.807) is 14.2 Å². The first-order valence-electron chi connectivity index (χ1n) is 10.6. The predicted molar refractivity (Wildman–Crippen MR) is 128 cm³/mol. The summed E-state index contributed by atoms with van der Waals surface area (Å²) in [4.78, 5) is 0. The number of methoxy groups -OCH3 is 2. The Balaban J connectivity index is 1.73. The number of benzene rings is 4. The Bertz CT molecular complexity index is 1250. The van der Waals surface area contributed by atoms with Crippen molar-refractivity contribution in [1.29, 1.82) is 0 Å². The Hall–Kier alpha value is -4.05. The van der Waals surface area contributed by atoms with Gasteiger partial charge in [0.2, 0.25) is 0 Å². The van der Waals surface area contributed by atoms with Crippen LogP contribution in [-0.2, 0) is 5.54 Å². The molecule has 32 heavy (non-hydrogen) atoms. The van der Waals surface area contributed by atoms with Crippen LogP contribution < -0.4 is 14.9 Å². The Morgan fingerprint density at radius 3 is 1.84 bits per heavy atom. The lowest BCUT2D eigenvalue weighted by Gasteiger charge is -2.40. The highest BCUT2D eigenvalue weighted by atomic mass is 16.5. The molecule has 1 unspecified atom stereocenters. The summed E-state index contributed by atoms with van der Waals surface area (Å²) in [5.41, 5.74) is 9.32. The molecule has 0 aliphatic carbocycles. The van der Waals surface area contributed by atoms with E-state index in [9.17, 15) is 0 Å². The lowest BCUT2D eigenvalue weighted by molar-refractivity contribution is 0.413. The van der Waals surface area contributed by atoms with Gasteiger partial charge in [0, 0.05) is 11.1 Å². The second-order valence-corrected chi connectivity index (χ2v) is 7.69. The molecule has 0 saturated heterocycles. The molecule has 5 rings (SSSR count). The molecule has 1 atom stereocenters. The highest BCUT2D eigenvalue weighted by molar-refractivity contribution is 6.14. The Labute approximate surface area is 188 Å². The zero-order chi connectivity index (χ0) is 22.0. The highest BCUT2D eigenvalue weighted by Crippen LogP contribution is 2.41. The minimum Gasteiger partial charge on any atom is -0.497 e. The molecule has 0 fully saturated rings. The fourth-order valence-corrected chi connectivity index (χ4v) is 4.38. The maximum Gasteiger partial charge on any atom is 0.130 e. The zero-order valence-corrected chi connectivity index (χ0v) is 18.1. The first-order valence-corrected chi connectivity index (χ1v) is 10.6. The Kier molecular flexibility index (Phi) is 5.12. The average molecular weight is 421 g/mol. The van der Waals surface area contributed by atoms with Crippen molar-refractivity contribution in [3.63, 3.8) is 0 Å². The minimum absolute atomic E-state index is 0.625. The maximum absolute atomic E-state index is 5.40. The Morgan fingerprint density at radius 2 is 1.19 bits per heavy atom. The van der Waals surface area contributed by atoms with Gasteiger partial charge in [0.1, 0.15) is 17.0 Å². The van der Waals surface area contributed by atoms with Gasteiger partial charge in [-0.05, 0) is 53.1 Å². The van der Waals surface area contributed by atoms with Crippen LogP contribution in [0.5, 0.6) is 11.5 Å². The van der Waals surface area contributed by atoms with Gasteiger partial charge in [0.25, 0.3) is 0 Å². The molecule has 0 amide bonds. The number of ether oxygens (including phenoxy) is 2. The van der Waals surface area contributed by atoms with Crippen LogP contribution in [0.15, 0.2) is 108 Å². The van der Waals surface area contributed by atoms with Gasteiger partial charge in [-0.25, -0.2) is 0 Å². The summed E-state index contributed by atoms with van der Waals surface area (Å²) in [6.07, 6.45) is 0. The molecule has 0 radical (unpaired) electrons. The van der Waals surface area contributed by atoms with Crippen molar-refractivity contribution in [2.24, 2.45) is 5.10 Å². The molecule has 1 aliphatic rings. The molecule has 158 valence electrons. The van der Waals surface area contributed by atoms with Crippen molar-refractivity contribution >= 4 is 5.71 Å². The third-order valence-electron chi connectivity index (χ3n) is 6.01. The number of fused-ring (bicyclic) bond motifs is 1. The Morgan fingerprint density at radius 1 is 0.625 bits per heavy atom. The molecule has 0 saturated carbocycles. The monoisotopic (exact) mass is 420 g/mol. The molecule has 0 aromatic heterocycles. The number of hydrogen-bond donors (Lipinski definition) is 1. The summed E-state index contributed by atoms with van der Waals surface area (Å²) in [6, 6.07) is 35.1. The molecule has 0 spiro atoms. The minimum atomic E-state index is -0.625. The van der Waals surface area contributed by atoms with Gasteiger partial charge in [-0.3, -0.25) is 5.43 Å². The van der Waals surface area contributed by atoms with Crippen LogP contribution in [0, 0.1) is 0 Å². The smallest absolute Gasteiger partial charge is 0.130 e. The molecule has 4 heteroatoms. The summed E-state index contributed by atoms with van der Waals surface area (Å²) >= 11 is 0. The quantitative estimate of drug-likeness (QED) is 0.473. The molecule has 1 heterocycles. The SMILES string of the molecule is COc1ccc(C2=NNC(c3ccccc3)(c3ccc(OC)cc3)c3ccccc32)cc1. The largest absolute Gasteiger partial charge is 0.497 e. The van der Waals surface area contributed by atoms with E-state index in [1.165, 1.54) is 0 Å². The fraction of sp³-hybridized carbons (Fsp3) is 0.107. The molecule has 1 aliphatic heterocycles. The maximum atomic E-state index is 5.40. The normalized spacial score (nSPS) is 17.0. The molecule has 4 aromatic rings. The van der Waals surface area contributed by atoms with E-state index in [4.69, 9.17) is 14.6 Å². The predicted octanol–water partition coefficient (Wildman–Crippen LogP) is 5.35. The van der Waals surface area contributed by atoms with E-state index in [2.05, 4.69) is 66.1 Å². The number of rotatable bonds is 5. The van der Waals surface area contributed by atoms with E-state index in [1.807, 2.05) is 42.5 Å². The summed E-state index contributed by atoms with van der Waals surface area (Å²) in [5.74, 6) is 1.65. The number of nitrogens with zero attached hydrogens (tertiary/aromatic N) is 1. The van der Waals surface area contributed by atoms with Gasteiger partial charge in [0.15, 0.2) is 0 Å². The average Bonchev–Trinajstić information content (AvgIpc) is 2.89. The van der Waals surface area contributed by atoms with Crippen molar-refractivity contribution in [1.82, 2.24) is 5.43 Å². The van der Waals surface area contributed by atoms with Gasteiger partial charge in [-0.1, -0.05) is 66.7 Å². The summed E-state index contributed by atoms with van der Waals surface area (Å²) in [5, 5.41) is 4.94. The van der Waals surface area contributed by atoms with Crippen LogP contribution in [-0.4, -0.2) is 19.9 Å². The van der Waals surface area contributed by atoms with Crippen molar-refractivity contribution in [2.75, 3.05) is 14.2 Å². The first kappa shape index (κ1) is 19.9. The second kappa shape index (κ2) is 8.23. The van der Waals surface area contributed by atoms with E-state index in [0.717, 1.165) is 45.0 Å². The molecule has 4 aromatic carbocycles. The van der Waals surface area contributed by atoms with Crippen molar-refractivity contribution in [3.05, 3.63) is 131 Å². The molecule has 0 bridgehead atoms. The zero-order valence-electron chi connectivity index (χ0n) is 18.1. The van der Waals surface area contributed by atoms with Gasteiger partial charge in [-0.2, -0.15) is 5.10 Å². The number of hydrogen-bond acceptors (Lipinski definition) is 4. The van der Waals surface area contributed by atoms with Crippen LogP contribution in [0.25, 0.3) is 0 Å². The van der Waals surface area contributed by atoms with Gasteiger partial charge in [-0.15, -0.1) is 0 Å². The van der Waals surface area contributed by atoms with Crippen molar-refractivity contribution in [2.45, 2.75) is 5.54 Å². The lowest BCUT2D eigenvalue weighted by atomic mass is 9.74. The third kappa shape index (κ3) is 3.21. The van der Waals surface area contributed by atoms with E-state index < -0.39 is 5.54 Å². The van der Waals surface area contributed by atoms with Crippen molar-refractivity contribution < 1.29 is 9.47 Å². The third-order valence-corrected chi connectivity index (χ3v) is 6.01. The van der Waals surface area contributed by atoms with Gasteiger partial charge in [0.05, 0.1) is 19.9 Å². The first-order chi connectivity index (χ1) is 15.8. The molecular weight excluding hydrogens is 396 g/mol. The van der Waals surface area contributed by atoms with Crippen LogP contribution in [0.3, 0.4) is 0 Å².